The molecule has 0 aliphatic carbocycles. The van der Waals surface area contributed by atoms with Crippen molar-refractivity contribution in [2.45, 2.75) is 44.7 Å². The molecule has 1 saturated heterocycles. The van der Waals surface area contributed by atoms with Crippen molar-refractivity contribution in [3.63, 3.8) is 0 Å². The Bertz CT molecular complexity index is 518. The van der Waals surface area contributed by atoms with Crippen LogP contribution in [-0.2, 0) is 11.2 Å². The van der Waals surface area contributed by atoms with Gasteiger partial charge in [0.05, 0.1) is 0 Å². The second-order valence-electron chi connectivity index (χ2n) is 5.87. The molecule has 1 heterocycles. The van der Waals surface area contributed by atoms with Crippen LogP contribution in [0.1, 0.15) is 32.3 Å². The highest BCUT2D eigenvalue weighted by Crippen LogP contribution is 2.29. The van der Waals surface area contributed by atoms with Gasteiger partial charge >= 0.3 is 12.0 Å². The molecule has 1 aromatic carbocycles. The monoisotopic (exact) mass is 290 g/mol. The molecule has 2 atom stereocenters. The number of aliphatic carboxylic acids is 1. The van der Waals surface area contributed by atoms with E-state index in [1.807, 2.05) is 37.3 Å². The first-order valence-electron chi connectivity index (χ1n) is 7.29. The quantitative estimate of drug-likeness (QED) is 0.893. The molecule has 1 fully saturated rings. The van der Waals surface area contributed by atoms with Crippen molar-refractivity contribution in [1.29, 1.82) is 0 Å². The van der Waals surface area contributed by atoms with E-state index in [-0.39, 0.29) is 12.1 Å². The van der Waals surface area contributed by atoms with Gasteiger partial charge in [0.1, 0.15) is 5.54 Å². The molecule has 0 aromatic heterocycles. The highest BCUT2D eigenvalue weighted by Gasteiger charge is 2.46. The summed E-state index contributed by atoms with van der Waals surface area (Å²) in [7, 11) is 0. The van der Waals surface area contributed by atoms with Crippen molar-refractivity contribution in [1.82, 2.24) is 10.2 Å². The van der Waals surface area contributed by atoms with Gasteiger partial charge in [-0.25, -0.2) is 9.59 Å². The zero-order valence-corrected chi connectivity index (χ0v) is 12.5. The molecule has 2 N–H and O–H groups in total. The van der Waals surface area contributed by atoms with Gasteiger partial charge in [-0.05, 0) is 38.7 Å². The summed E-state index contributed by atoms with van der Waals surface area (Å²) < 4.78 is 0. The molecule has 5 nitrogen and oxygen atoms in total. The van der Waals surface area contributed by atoms with Gasteiger partial charge in [-0.1, -0.05) is 30.3 Å². The van der Waals surface area contributed by atoms with Gasteiger partial charge in [-0.3, -0.25) is 0 Å². The SMILES string of the molecule is CC(Cc1ccccc1)NC(=O)N1CCCC1(C)C(=O)O. The topological polar surface area (TPSA) is 69.6 Å². The maximum Gasteiger partial charge on any atom is 0.329 e. The first kappa shape index (κ1) is 15.4. The second-order valence-corrected chi connectivity index (χ2v) is 5.87. The Labute approximate surface area is 125 Å². The minimum Gasteiger partial charge on any atom is -0.480 e. The first-order valence-corrected chi connectivity index (χ1v) is 7.29. The number of rotatable bonds is 4. The number of nitrogens with zero attached hydrogens (tertiary/aromatic N) is 1. The summed E-state index contributed by atoms with van der Waals surface area (Å²) in [4.78, 5) is 25.2. The molecule has 0 bridgehead atoms. The number of amides is 2. The highest BCUT2D eigenvalue weighted by molar-refractivity contribution is 5.86. The van der Waals surface area contributed by atoms with E-state index in [0.29, 0.717) is 13.0 Å². The van der Waals surface area contributed by atoms with E-state index in [1.54, 1.807) is 6.92 Å². The molecule has 1 aliphatic heterocycles. The molecule has 5 heteroatoms. The zero-order valence-electron chi connectivity index (χ0n) is 12.5. The van der Waals surface area contributed by atoms with E-state index in [9.17, 15) is 14.7 Å². The second kappa shape index (κ2) is 6.16. The number of carbonyl (C=O) groups is 2. The third-order valence-corrected chi connectivity index (χ3v) is 4.10. The summed E-state index contributed by atoms with van der Waals surface area (Å²) in [5, 5.41) is 12.2. The van der Waals surface area contributed by atoms with E-state index in [4.69, 9.17) is 0 Å². The van der Waals surface area contributed by atoms with Crippen molar-refractivity contribution in [3.05, 3.63) is 35.9 Å². The van der Waals surface area contributed by atoms with E-state index in [1.165, 1.54) is 4.90 Å². The van der Waals surface area contributed by atoms with Crippen LogP contribution in [-0.4, -0.2) is 40.1 Å². The molecule has 0 saturated carbocycles. The number of carbonyl (C=O) groups excluding carboxylic acids is 1. The molecule has 0 spiro atoms. The van der Waals surface area contributed by atoms with Crippen molar-refractivity contribution in [3.8, 4) is 0 Å². The molecular weight excluding hydrogens is 268 g/mol. The van der Waals surface area contributed by atoms with Crippen LogP contribution in [0, 0.1) is 0 Å². The fraction of sp³-hybridized carbons (Fsp3) is 0.500. The van der Waals surface area contributed by atoms with E-state index in [2.05, 4.69) is 5.32 Å². The van der Waals surface area contributed by atoms with Crippen molar-refractivity contribution in [2.75, 3.05) is 6.54 Å². The Kier molecular flexibility index (Phi) is 4.50. The standard InChI is InChI=1S/C16H22N2O3/c1-12(11-13-7-4-3-5-8-13)17-15(21)18-10-6-9-16(18,2)14(19)20/h3-5,7-8,12H,6,9-11H2,1-2H3,(H,17,21)(H,19,20). The predicted octanol–water partition coefficient (Wildman–Crippen LogP) is 2.27. The fourth-order valence-corrected chi connectivity index (χ4v) is 2.82. The van der Waals surface area contributed by atoms with Crippen LogP contribution in [0.15, 0.2) is 30.3 Å². The van der Waals surface area contributed by atoms with Gasteiger partial charge in [0.25, 0.3) is 0 Å². The Balaban J connectivity index is 1.96. The third kappa shape index (κ3) is 3.35. The lowest BCUT2D eigenvalue weighted by molar-refractivity contribution is -0.147. The van der Waals surface area contributed by atoms with Gasteiger partial charge in [-0.2, -0.15) is 0 Å². The number of carboxylic acid groups (broad SMARTS) is 1. The van der Waals surface area contributed by atoms with Crippen molar-refractivity contribution in [2.24, 2.45) is 0 Å². The maximum atomic E-state index is 12.3. The Hall–Kier alpha value is -2.04. The van der Waals surface area contributed by atoms with Gasteiger partial charge in [0.2, 0.25) is 0 Å². The Morgan fingerprint density at radius 2 is 2.05 bits per heavy atom. The molecule has 21 heavy (non-hydrogen) atoms. The van der Waals surface area contributed by atoms with Crippen molar-refractivity contribution >= 4 is 12.0 Å². The number of benzene rings is 1. The fourth-order valence-electron chi connectivity index (χ4n) is 2.82. The lowest BCUT2D eigenvalue weighted by Crippen LogP contribution is -2.55. The van der Waals surface area contributed by atoms with E-state index >= 15 is 0 Å². The summed E-state index contributed by atoms with van der Waals surface area (Å²) >= 11 is 0. The number of hydrogen-bond acceptors (Lipinski definition) is 2. The van der Waals surface area contributed by atoms with Crippen LogP contribution >= 0.6 is 0 Å². The van der Waals surface area contributed by atoms with E-state index in [0.717, 1.165) is 18.4 Å². The summed E-state index contributed by atoms with van der Waals surface area (Å²) in [5.74, 6) is -0.939. The average Bonchev–Trinajstić information content (AvgIpc) is 2.83. The molecule has 1 aliphatic rings. The zero-order chi connectivity index (χ0) is 15.5. The lowest BCUT2D eigenvalue weighted by atomic mass is 10.00. The van der Waals surface area contributed by atoms with Crippen LogP contribution in [0.25, 0.3) is 0 Å². The van der Waals surface area contributed by atoms with Gasteiger partial charge < -0.3 is 15.3 Å². The highest BCUT2D eigenvalue weighted by atomic mass is 16.4. The molecule has 114 valence electrons. The summed E-state index contributed by atoms with van der Waals surface area (Å²) in [5.41, 5.74) is 0.0593. The number of urea groups is 1. The minimum absolute atomic E-state index is 0.0430. The van der Waals surface area contributed by atoms with Gasteiger partial charge in [0.15, 0.2) is 0 Å². The predicted molar refractivity (Wildman–Crippen MR) is 80.1 cm³/mol. The minimum atomic E-state index is -1.09. The Morgan fingerprint density at radius 1 is 1.38 bits per heavy atom. The van der Waals surface area contributed by atoms with Gasteiger partial charge in [0, 0.05) is 12.6 Å². The lowest BCUT2D eigenvalue weighted by Gasteiger charge is -2.32. The molecule has 2 rings (SSSR count). The normalized spacial score (nSPS) is 22.9. The summed E-state index contributed by atoms with van der Waals surface area (Å²) in [6.07, 6.45) is 1.95. The molecular formula is C16H22N2O3. The average molecular weight is 290 g/mol. The van der Waals surface area contributed by atoms with Gasteiger partial charge in [-0.15, -0.1) is 0 Å². The van der Waals surface area contributed by atoms with E-state index < -0.39 is 11.5 Å². The number of nitrogens with one attached hydrogen (secondary N) is 1. The van der Waals surface area contributed by atoms with Crippen LogP contribution in [0.5, 0.6) is 0 Å². The maximum absolute atomic E-state index is 12.3. The molecule has 2 amide bonds. The summed E-state index contributed by atoms with van der Waals surface area (Å²) in [6, 6.07) is 9.58. The molecule has 1 aromatic rings. The summed E-state index contributed by atoms with van der Waals surface area (Å²) in [6.45, 7) is 4.04. The third-order valence-electron chi connectivity index (χ3n) is 4.10. The smallest absolute Gasteiger partial charge is 0.329 e. The van der Waals surface area contributed by atoms with Crippen molar-refractivity contribution < 1.29 is 14.7 Å². The Morgan fingerprint density at radius 3 is 2.67 bits per heavy atom. The number of likely N-dealkylation sites (tertiary alicyclic amines) is 1. The first-order chi connectivity index (χ1) is 9.93. The largest absolute Gasteiger partial charge is 0.480 e. The molecule has 0 radical (unpaired) electrons. The van der Waals surface area contributed by atoms with Crippen LogP contribution in [0.2, 0.25) is 0 Å². The number of hydrogen-bond donors (Lipinski definition) is 2. The number of carboxylic acids is 1. The van der Waals surface area contributed by atoms with Crippen LogP contribution in [0.4, 0.5) is 4.79 Å². The van der Waals surface area contributed by atoms with Crippen LogP contribution < -0.4 is 5.32 Å². The van der Waals surface area contributed by atoms with Crippen LogP contribution in [0.3, 0.4) is 0 Å². The molecule has 2 unspecified atom stereocenters.